The molecule has 3 heterocycles. The highest BCUT2D eigenvalue weighted by Crippen LogP contribution is 2.37. The molecule has 1 fully saturated rings. The summed E-state index contributed by atoms with van der Waals surface area (Å²) >= 11 is 0. The molecule has 1 aliphatic heterocycles. The Bertz CT molecular complexity index is 837. The molecule has 25 heavy (non-hydrogen) atoms. The Morgan fingerprint density at radius 3 is 2.92 bits per heavy atom. The summed E-state index contributed by atoms with van der Waals surface area (Å²) in [5.41, 5.74) is 5.87. The van der Waals surface area contributed by atoms with Crippen LogP contribution in [0.2, 0.25) is 0 Å². The molecule has 5 heteroatoms. The van der Waals surface area contributed by atoms with Gasteiger partial charge in [-0.2, -0.15) is 5.10 Å². The quantitative estimate of drug-likeness (QED) is 0.756. The normalized spacial score (nSPS) is 18.1. The molecule has 0 radical (unpaired) electrons. The number of likely N-dealkylation sites (tertiary alicyclic amines) is 1. The second kappa shape index (κ2) is 6.84. The summed E-state index contributed by atoms with van der Waals surface area (Å²) < 4.78 is 5.54. The Labute approximate surface area is 148 Å². The Morgan fingerprint density at radius 1 is 1.28 bits per heavy atom. The molecular formula is C20H24N4O. The summed E-state index contributed by atoms with van der Waals surface area (Å²) in [6.45, 7) is 6.17. The monoisotopic (exact) mass is 336 g/mol. The third-order valence-electron chi connectivity index (χ3n) is 5.15. The van der Waals surface area contributed by atoms with Crippen LogP contribution in [0.25, 0.3) is 11.3 Å². The molecule has 0 spiro atoms. The van der Waals surface area contributed by atoms with Crippen LogP contribution in [0.15, 0.2) is 41.1 Å². The van der Waals surface area contributed by atoms with Crippen molar-refractivity contribution in [3.05, 3.63) is 59.1 Å². The van der Waals surface area contributed by atoms with E-state index in [2.05, 4.69) is 58.4 Å². The van der Waals surface area contributed by atoms with Crippen molar-refractivity contribution in [3.8, 4) is 11.3 Å². The summed E-state index contributed by atoms with van der Waals surface area (Å²) in [4.78, 5) is 2.54. The van der Waals surface area contributed by atoms with Crippen LogP contribution < -0.4 is 0 Å². The van der Waals surface area contributed by atoms with E-state index in [1.54, 1.807) is 0 Å². The highest BCUT2D eigenvalue weighted by Gasteiger charge is 2.31. The molecule has 2 aromatic heterocycles. The lowest BCUT2D eigenvalue weighted by Gasteiger charge is -2.24. The molecule has 1 atom stereocenters. The number of rotatable bonds is 5. The summed E-state index contributed by atoms with van der Waals surface area (Å²) in [5, 5.41) is 11.7. The highest BCUT2D eigenvalue weighted by molar-refractivity contribution is 5.62. The Morgan fingerprint density at radius 2 is 2.12 bits per heavy atom. The van der Waals surface area contributed by atoms with Gasteiger partial charge in [0.2, 0.25) is 0 Å². The summed E-state index contributed by atoms with van der Waals surface area (Å²) in [5.74, 6) is 1.03. The van der Waals surface area contributed by atoms with Crippen molar-refractivity contribution >= 4 is 0 Å². The number of H-pyrrole nitrogens is 1. The predicted molar refractivity (Wildman–Crippen MR) is 97.0 cm³/mol. The third-order valence-corrected chi connectivity index (χ3v) is 5.15. The van der Waals surface area contributed by atoms with E-state index in [-0.39, 0.29) is 0 Å². The summed E-state index contributed by atoms with van der Waals surface area (Å²) in [6, 6.07) is 10.8. The topological polar surface area (TPSA) is 58.0 Å². The fourth-order valence-corrected chi connectivity index (χ4v) is 3.95. The highest BCUT2D eigenvalue weighted by atomic mass is 16.5. The largest absolute Gasteiger partial charge is 0.361 e. The molecule has 0 bridgehead atoms. The number of aryl methyl sites for hydroxylation is 2. The summed E-state index contributed by atoms with van der Waals surface area (Å²) in [6.07, 6.45) is 5.21. The van der Waals surface area contributed by atoms with Crippen LogP contribution in [-0.4, -0.2) is 26.8 Å². The minimum Gasteiger partial charge on any atom is -0.361 e. The molecule has 1 aromatic carbocycles. The Hall–Kier alpha value is -2.40. The van der Waals surface area contributed by atoms with Gasteiger partial charge in [0.25, 0.3) is 0 Å². The number of nitrogens with zero attached hydrogens (tertiary/aromatic N) is 3. The fourth-order valence-electron chi connectivity index (χ4n) is 3.95. The van der Waals surface area contributed by atoms with Crippen molar-refractivity contribution in [2.45, 2.75) is 45.7 Å². The van der Waals surface area contributed by atoms with Crippen LogP contribution in [0, 0.1) is 6.92 Å². The molecule has 5 nitrogen and oxygen atoms in total. The molecular weight excluding hydrogens is 312 g/mol. The van der Waals surface area contributed by atoms with Gasteiger partial charge in [0.05, 0.1) is 17.6 Å². The minimum atomic E-state index is 0.389. The maximum absolute atomic E-state index is 5.54. The van der Waals surface area contributed by atoms with Crippen LogP contribution in [0.3, 0.4) is 0 Å². The smallest absolute Gasteiger partial charge is 0.141 e. The fraction of sp³-hybridized carbons (Fsp3) is 0.400. The van der Waals surface area contributed by atoms with E-state index < -0.39 is 0 Å². The lowest BCUT2D eigenvalue weighted by Crippen LogP contribution is -2.23. The van der Waals surface area contributed by atoms with Gasteiger partial charge in [0.1, 0.15) is 5.76 Å². The van der Waals surface area contributed by atoms with Crippen molar-refractivity contribution in [2.24, 2.45) is 0 Å². The van der Waals surface area contributed by atoms with Crippen LogP contribution in [-0.2, 0) is 13.0 Å². The van der Waals surface area contributed by atoms with E-state index in [4.69, 9.17) is 4.52 Å². The number of benzene rings is 1. The van der Waals surface area contributed by atoms with E-state index in [9.17, 15) is 0 Å². The van der Waals surface area contributed by atoms with Crippen molar-refractivity contribution in [3.63, 3.8) is 0 Å². The standard InChI is InChI=1S/C20H24N4O/c1-3-18-19(14(2)23-25-18)17-10-7-11-24(17)13-16-12-21-22-20(16)15-8-5-4-6-9-15/h4-6,8-9,12,17H,3,7,10-11,13H2,1-2H3,(H,21,22)/t17-/m0/s1. The van der Waals surface area contributed by atoms with Gasteiger partial charge in [-0.05, 0) is 31.9 Å². The van der Waals surface area contributed by atoms with E-state index in [1.165, 1.54) is 23.1 Å². The summed E-state index contributed by atoms with van der Waals surface area (Å²) in [7, 11) is 0. The third kappa shape index (κ3) is 3.00. The zero-order valence-electron chi connectivity index (χ0n) is 14.8. The van der Waals surface area contributed by atoms with Crippen molar-refractivity contribution in [1.29, 1.82) is 0 Å². The van der Waals surface area contributed by atoms with Gasteiger partial charge in [-0.1, -0.05) is 42.4 Å². The van der Waals surface area contributed by atoms with Crippen molar-refractivity contribution in [1.82, 2.24) is 20.3 Å². The molecule has 4 rings (SSSR count). The Kier molecular flexibility index (Phi) is 4.40. The van der Waals surface area contributed by atoms with Gasteiger partial charge in [-0.15, -0.1) is 0 Å². The molecule has 130 valence electrons. The van der Waals surface area contributed by atoms with Crippen LogP contribution in [0.4, 0.5) is 0 Å². The molecule has 1 N–H and O–H groups in total. The maximum atomic E-state index is 5.54. The minimum absolute atomic E-state index is 0.389. The van der Waals surface area contributed by atoms with E-state index in [1.807, 2.05) is 12.3 Å². The molecule has 0 amide bonds. The second-order valence-electron chi connectivity index (χ2n) is 6.72. The zero-order chi connectivity index (χ0) is 17.2. The molecule has 3 aromatic rings. The molecule has 1 aliphatic rings. The zero-order valence-corrected chi connectivity index (χ0v) is 14.8. The lowest BCUT2D eigenvalue weighted by atomic mass is 10.0. The average Bonchev–Trinajstić information content (AvgIpc) is 3.36. The number of nitrogens with one attached hydrogen (secondary N) is 1. The van der Waals surface area contributed by atoms with Crippen molar-refractivity contribution in [2.75, 3.05) is 6.54 Å². The first-order valence-electron chi connectivity index (χ1n) is 9.04. The van der Waals surface area contributed by atoms with Crippen LogP contribution in [0.5, 0.6) is 0 Å². The predicted octanol–water partition coefficient (Wildman–Crippen LogP) is 4.27. The van der Waals surface area contributed by atoms with E-state index in [0.717, 1.165) is 43.1 Å². The first kappa shape index (κ1) is 16.1. The van der Waals surface area contributed by atoms with Gasteiger partial charge < -0.3 is 4.52 Å². The number of aromatic amines is 1. The molecule has 1 saturated heterocycles. The SMILES string of the molecule is CCc1onc(C)c1[C@@H]1CCCN1Cc1cn[nH]c1-c1ccccc1. The van der Waals surface area contributed by atoms with Crippen molar-refractivity contribution < 1.29 is 4.52 Å². The van der Waals surface area contributed by atoms with Crippen LogP contribution >= 0.6 is 0 Å². The van der Waals surface area contributed by atoms with E-state index >= 15 is 0 Å². The molecule has 0 unspecified atom stereocenters. The second-order valence-corrected chi connectivity index (χ2v) is 6.72. The van der Waals surface area contributed by atoms with Gasteiger partial charge in [0, 0.05) is 30.1 Å². The van der Waals surface area contributed by atoms with E-state index in [0.29, 0.717) is 6.04 Å². The average molecular weight is 336 g/mol. The number of aromatic nitrogens is 3. The molecule has 0 aliphatic carbocycles. The van der Waals surface area contributed by atoms with Gasteiger partial charge in [0.15, 0.2) is 0 Å². The Balaban J connectivity index is 1.61. The van der Waals surface area contributed by atoms with Crippen LogP contribution in [0.1, 0.15) is 48.4 Å². The number of hydrogen-bond donors (Lipinski definition) is 1. The first-order valence-corrected chi connectivity index (χ1v) is 9.04. The number of hydrogen-bond acceptors (Lipinski definition) is 4. The van der Waals surface area contributed by atoms with Gasteiger partial charge >= 0.3 is 0 Å². The van der Waals surface area contributed by atoms with Gasteiger partial charge in [-0.25, -0.2) is 0 Å². The maximum Gasteiger partial charge on any atom is 0.141 e. The molecule has 0 saturated carbocycles. The van der Waals surface area contributed by atoms with Gasteiger partial charge in [-0.3, -0.25) is 10.00 Å². The lowest BCUT2D eigenvalue weighted by molar-refractivity contribution is 0.245. The first-order chi connectivity index (χ1) is 12.3.